The fourth-order valence-electron chi connectivity index (χ4n) is 2.45. The number of benzene rings is 1. The molecule has 108 valence electrons. The van der Waals surface area contributed by atoms with Crippen LogP contribution in [0.4, 0.5) is 0 Å². The van der Waals surface area contributed by atoms with Gasteiger partial charge in [0.05, 0.1) is 24.5 Å². The van der Waals surface area contributed by atoms with E-state index in [4.69, 9.17) is 4.74 Å². The van der Waals surface area contributed by atoms with Crippen molar-refractivity contribution in [3.8, 4) is 11.4 Å². The van der Waals surface area contributed by atoms with Crippen LogP contribution in [0.15, 0.2) is 29.2 Å². The molecule has 5 heteroatoms. The molecule has 1 N–H and O–H groups in total. The van der Waals surface area contributed by atoms with E-state index < -0.39 is 0 Å². The van der Waals surface area contributed by atoms with Gasteiger partial charge in [-0.1, -0.05) is 0 Å². The number of methoxy groups -OCH3 is 1. The van der Waals surface area contributed by atoms with E-state index in [1.54, 1.807) is 18.0 Å². The maximum Gasteiger partial charge on any atom is 0.274 e. The van der Waals surface area contributed by atoms with Crippen molar-refractivity contribution in [2.75, 3.05) is 7.11 Å². The molecule has 0 aliphatic rings. The Hall–Kier alpha value is -2.56. The van der Waals surface area contributed by atoms with Crippen molar-refractivity contribution < 1.29 is 4.74 Å². The summed E-state index contributed by atoms with van der Waals surface area (Å²) in [5.41, 5.74) is 4.18. The Morgan fingerprint density at radius 2 is 1.95 bits per heavy atom. The molecule has 0 saturated heterocycles. The number of H-pyrrole nitrogens is 1. The normalized spacial score (nSPS) is 11.0. The van der Waals surface area contributed by atoms with Crippen LogP contribution in [0.5, 0.6) is 5.75 Å². The molecule has 0 spiro atoms. The molecule has 1 aromatic carbocycles. The van der Waals surface area contributed by atoms with E-state index in [0.717, 1.165) is 39.2 Å². The van der Waals surface area contributed by atoms with E-state index in [1.807, 2.05) is 39.0 Å². The predicted octanol–water partition coefficient (Wildman–Crippen LogP) is 2.65. The molecule has 3 aromatic rings. The zero-order chi connectivity index (χ0) is 15.1. The fraction of sp³-hybridized carbons (Fsp3) is 0.250. The lowest BCUT2D eigenvalue weighted by Gasteiger charge is -2.10. The van der Waals surface area contributed by atoms with E-state index >= 15 is 0 Å². The Morgan fingerprint density at radius 3 is 2.57 bits per heavy atom. The smallest absolute Gasteiger partial charge is 0.274 e. The number of hydrogen-bond donors (Lipinski definition) is 1. The van der Waals surface area contributed by atoms with E-state index in [9.17, 15) is 4.79 Å². The Morgan fingerprint density at radius 1 is 1.19 bits per heavy atom. The second-order valence-corrected chi connectivity index (χ2v) is 5.15. The number of nitrogens with one attached hydrogen (secondary N) is 1. The lowest BCUT2D eigenvalue weighted by atomic mass is 10.1. The topological polar surface area (TPSA) is 59.9 Å². The predicted molar refractivity (Wildman–Crippen MR) is 82.5 cm³/mol. The summed E-state index contributed by atoms with van der Waals surface area (Å²) < 4.78 is 6.81. The molecule has 0 amide bonds. The number of aryl methyl sites for hydroxylation is 2. The van der Waals surface area contributed by atoms with Gasteiger partial charge in [0.15, 0.2) is 0 Å². The quantitative estimate of drug-likeness (QED) is 0.786. The van der Waals surface area contributed by atoms with Gasteiger partial charge in [0.1, 0.15) is 5.75 Å². The number of fused-ring (bicyclic) bond motifs is 1. The van der Waals surface area contributed by atoms with Crippen LogP contribution in [0.25, 0.3) is 16.6 Å². The molecule has 5 nitrogen and oxygen atoms in total. The molecule has 0 saturated carbocycles. The van der Waals surface area contributed by atoms with Gasteiger partial charge in [-0.25, -0.2) is 4.68 Å². The van der Waals surface area contributed by atoms with Crippen LogP contribution < -0.4 is 10.3 Å². The summed E-state index contributed by atoms with van der Waals surface area (Å²) in [7, 11) is 1.63. The molecule has 0 unspecified atom stereocenters. The van der Waals surface area contributed by atoms with Crippen molar-refractivity contribution in [1.29, 1.82) is 0 Å². The van der Waals surface area contributed by atoms with E-state index in [2.05, 4.69) is 10.1 Å². The summed E-state index contributed by atoms with van der Waals surface area (Å²) in [6.07, 6.45) is 1.72. The summed E-state index contributed by atoms with van der Waals surface area (Å²) in [5, 5.41) is 4.07. The lowest BCUT2D eigenvalue weighted by molar-refractivity contribution is 0.415. The molecule has 2 heterocycles. The number of ether oxygens (including phenoxy) is 1. The Bertz CT molecular complexity index is 890. The van der Waals surface area contributed by atoms with Crippen molar-refractivity contribution in [3.05, 3.63) is 51.6 Å². The third kappa shape index (κ3) is 2.01. The van der Waals surface area contributed by atoms with Gasteiger partial charge in [0.2, 0.25) is 0 Å². The molecule has 0 radical (unpaired) electrons. The maximum absolute atomic E-state index is 12.3. The number of pyridine rings is 1. The molecule has 3 rings (SSSR count). The average molecular weight is 283 g/mol. The zero-order valence-corrected chi connectivity index (χ0v) is 12.5. The van der Waals surface area contributed by atoms with Crippen molar-refractivity contribution in [2.24, 2.45) is 0 Å². The number of hydrogen-bond acceptors (Lipinski definition) is 3. The summed E-state index contributed by atoms with van der Waals surface area (Å²) in [5.74, 6) is 0.774. The van der Waals surface area contributed by atoms with Gasteiger partial charge in [0, 0.05) is 16.6 Å². The van der Waals surface area contributed by atoms with Crippen LogP contribution in [-0.2, 0) is 0 Å². The molecule has 0 bridgehead atoms. The Balaban J connectivity index is 2.31. The van der Waals surface area contributed by atoms with Crippen LogP contribution >= 0.6 is 0 Å². The fourth-order valence-corrected chi connectivity index (χ4v) is 2.45. The van der Waals surface area contributed by atoms with Gasteiger partial charge < -0.3 is 4.74 Å². The number of aromatic nitrogens is 3. The summed E-state index contributed by atoms with van der Waals surface area (Å²) in [6.45, 7) is 5.69. The average Bonchev–Trinajstić information content (AvgIpc) is 2.75. The highest BCUT2D eigenvalue weighted by Crippen LogP contribution is 2.25. The molecular weight excluding hydrogens is 266 g/mol. The molecule has 0 aliphatic carbocycles. The lowest BCUT2D eigenvalue weighted by Crippen LogP contribution is -2.17. The highest BCUT2D eigenvalue weighted by molar-refractivity contribution is 5.85. The first-order valence-electron chi connectivity index (χ1n) is 6.75. The third-order valence-corrected chi connectivity index (χ3v) is 3.92. The minimum Gasteiger partial charge on any atom is -0.497 e. The highest BCUT2D eigenvalue weighted by Gasteiger charge is 2.13. The zero-order valence-electron chi connectivity index (χ0n) is 12.5. The van der Waals surface area contributed by atoms with E-state index in [1.165, 1.54) is 0 Å². The minimum atomic E-state index is -0.0420. The minimum absolute atomic E-state index is 0.0420. The molecular formula is C16H17N3O2. The number of rotatable bonds is 2. The summed E-state index contributed by atoms with van der Waals surface area (Å²) in [6, 6.07) is 5.73. The second kappa shape index (κ2) is 4.77. The maximum atomic E-state index is 12.3. The standard InChI is InChI=1S/C16H17N3O2/c1-9-11(3)18-19(16(9)20)15-8-17-14-6-5-12(21-4)7-13(14)10(15)2/h5-8,18H,1-4H3. The molecule has 0 fully saturated rings. The van der Waals surface area contributed by atoms with Gasteiger partial charge in [0.25, 0.3) is 5.56 Å². The van der Waals surface area contributed by atoms with Crippen molar-refractivity contribution >= 4 is 10.9 Å². The van der Waals surface area contributed by atoms with Crippen molar-refractivity contribution in [2.45, 2.75) is 20.8 Å². The van der Waals surface area contributed by atoms with Crippen LogP contribution in [-0.4, -0.2) is 21.9 Å². The van der Waals surface area contributed by atoms with Gasteiger partial charge in [-0.15, -0.1) is 0 Å². The SMILES string of the molecule is COc1ccc2ncc(-n3[nH]c(C)c(C)c3=O)c(C)c2c1. The summed E-state index contributed by atoms with van der Waals surface area (Å²) >= 11 is 0. The molecule has 0 aliphatic heterocycles. The molecule has 0 atom stereocenters. The highest BCUT2D eigenvalue weighted by atomic mass is 16.5. The van der Waals surface area contributed by atoms with Gasteiger partial charge in [-0.05, 0) is 44.5 Å². The van der Waals surface area contributed by atoms with Crippen LogP contribution in [0.1, 0.15) is 16.8 Å². The van der Waals surface area contributed by atoms with Gasteiger partial charge in [-0.3, -0.25) is 14.9 Å². The number of nitrogens with zero attached hydrogens (tertiary/aromatic N) is 2. The largest absolute Gasteiger partial charge is 0.497 e. The van der Waals surface area contributed by atoms with Crippen LogP contribution in [0.3, 0.4) is 0 Å². The molecule has 2 aromatic heterocycles. The Labute approximate surface area is 122 Å². The molecule has 21 heavy (non-hydrogen) atoms. The van der Waals surface area contributed by atoms with Gasteiger partial charge in [-0.2, -0.15) is 0 Å². The third-order valence-electron chi connectivity index (χ3n) is 3.92. The van der Waals surface area contributed by atoms with E-state index in [-0.39, 0.29) is 5.56 Å². The van der Waals surface area contributed by atoms with Crippen LogP contribution in [0, 0.1) is 20.8 Å². The van der Waals surface area contributed by atoms with Crippen LogP contribution in [0.2, 0.25) is 0 Å². The monoisotopic (exact) mass is 283 g/mol. The summed E-state index contributed by atoms with van der Waals surface area (Å²) in [4.78, 5) is 16.7. The second-order valence-electron chi connectivity index (χ2n) is 5.15. The van der Waals surface area contributed by atoms with Crippen molar-refractivity contribution in [1.82, 2.24) is 14.8 Å². The number of aromatic amines is 1. The first kappa shape index (κ1) is 13.4. The first-order chi connectivity index (χ1) is 10.0. The van der Waals surface area contributed by atoms with Gasteiger partial charge >= 0.3 is 0 Å². The van der Waals surface area contributed by atoms with Crippen molar-refractivity contribution in [3.63, 3.8) is 0 Å². The Kier molecular flexibility index (Phi) is 3.05. The first-order valence-corrected chi connectivity index (χ1v) is 6.75. The van der Waals surface area contributed by atoms with E-state index in [0.29, 0.717) is 0 Å².